The Kier molecular flexibility index (Phi) is 5.43. The predicted molar refractivity (Wildman–Crippen MR) is 38.7 cm³/mol. The maximum atomic E-state index is 8.68. The van der Waals surface area contributed by atoms with Crippen LogP contribution in [-0.2, 0) is 0 Å². The van der Waals surface area contributed by atoms with E-state index in [2.05, 4.69) is 5.92 Å². The van der Waals surface area contributed by atoms with E-state index in [0.717, 1.165) is 11.8 Å². The van der Waals surface area contributed by atoms with Crippen molar-refractivity contribution in [2.24, 2.45) is 0 Å². The molecule has 1 atom stereocenters. The minimum Gasteiger partial charge on any atom is -0.392 e. The van der Waals surface area contributed by atoms with E-state index in [1.807, 2.05) is 0 Å². The number of aliphatic hydroxyl groups excluding tert-OH is 2. The van der Waals surface area contributed by atoms with Crippen molar-refractivity contribution in [3.8, 4) is 12.3 Å². The highest BCUT2D eigenvalue weighted by Gasteiger charge is 1.91. The van der Waals surface area contributed by atoms with Gasteiger partial charge < -0.3 is 10.2 Å². The zero-order valence-corrected chi connectivity index (χ0v) is 5.64. The van der Waals surface area contributed by atoms with Gasteiger partial charge in [0.1, 0.15) is 0 Å². The summed E-state index contributed by atoms with van der Waals surface area (Å²) >= 11 is 1.08. The van der Waals surface area contributed by atoms with Crippen LogP contribution in [0.2, 0.25) is 0 Å². The molecule has 0 aromatic rings. The van der Waals surface area contributed by atoms with E-state index in [9.17, 15) is 0 Å². The zero-order valence-electron chi connectivity index (χ0n) is 4.82. The fraction of sp³-hybridized carbons (Fsp3) is 0.333. The van der Waals surface area contributed by atoms with E-state index < -0.39 is 5.44 Å². The molecule has 0 bridgehead atoms. The quantitative estimate of drug-likeness (QED) is 0.438. The van der Waals surface area contributed by atoms with E-state index >= 15 is 0 Å². The first-order chi connectivity index (χ1) is 4.31. The summed E-state index contributed by atoms with van der Waals surface area (Å²) in [5.74, 6) is 2.11. The van der Waals surface area contributed by atoms with Crippen molar-refractivity contribution in [3.05, 3.63) is 11.5 Å². The van der Waals surface area contributed by atoms with Gasteiger partial charge in [-0.3, -0.25) is 0 Å². The molecule has 1 unspecified atom stereocenters. The van der Waals surface area contributed by atoms with Gasteiger partial charge in [0, 0.05) is 0 Å². The zero-order chi connectivity index (χ0) is 7.11. The molecule has 0 aliphatic carbocycles. The molecule has 0 aliphatic rings. The van der Waals surface area contributed by atoms with E-state index in [0.29, 0.717) is 0 Å². The Labute approximate surface area is 58.6 Å². The second kappa shape index (κ2) is 5.70. The summed E-state index contributed by atoms with van der Waals surface area (Å²) in [5, 5.41) is 18.5. The largest absolute Gasteiger partial charge is 0.392 e. The summed E-state index contributed by atoms with van der Waals surface area (Å²) in [5.41, 5.74) is -0.798. The van der Waals surface area contributed by atoms with Gasteiger partial charge in [0.2, 0.25) is 0 Å². The molecule has 50 valence electrons. The lowest BCUT2D eigenvalue weighted by molar-refractivity contribution is 0.319. The topological polar surface area (TPSA) is 40.5 Å². The molecule has 0 saturated heterocycles. The van der Waals surface area contributed by atoms with E-state index in [1.54, 1.807) is 5.41 Å². The second-order valence-corrected chi connectivity index (χ2v) is 2.20. The average molecular weight is 144 g/mol. The smallest absolute Gasteiger partial charge is 0.165 e. The summed E-state index contributed by atoms with van der Waals surface area (Å²) in [6, 6.07) is 0. The molecular formula is C6H8O2S. The van der Waals surface area contributed by atoms with Crippen LogP contribution >= 0.6 is 11.8 Å². The molecule has 2 nitrogen and oxygen atoms in total. The van der Waals surface area contributed by atoms with Crippen molar-refractivity contribution in [1.29, 1.82) is 0 Å². The monoisotopic (exact) mass is 144 g/mol. The van der Waals surface area contributed by atoms with E-state index in [1.165, 1.54) is 6.08 Å². The van der Waals surface area contributed by atoms with Crippen LogP contribution in [-0.4, -0.2) is 22.3 Å². The highest BCUT2D eigenvalue weighted by Crippen LogP contribution is 2.06. The Hall–Kier alpha value is -0.430. The number of terminal acetylenes is 1. The third-order valence-corrected chi connectivity index (χ3v) is 1.30. The number of rotatable bonds is 3. The number of hydrogen-bond acceptors (Lipinski definition) is 3. The van der Waals surface area contributed by atoms with Crippen molar-refractivity contribution in [2.75, 3.05) is 6.61 Å². The highest BCUT2D eigenvalue weighted by atomic mass is 32.2. The number of thioether (sulfide) groups is 1. The maximum Gasteiger partial charge on any atom is 0.165 e. The lowest BCUT2D eigenvalue weighted by atomic mass is 10.7. The average Bonchev–Trinajstić information content (AvgIpc) is 1.89. The van der Waals surface area contributed by atoms with Gasteiger partial charge >= 0.3 is 0 Å². The summed E-state index contributed by atoms with van der Waals surface area (Å²) in [7, 11) is 0. The number of hydrogen-bond donors (Lipinski definition) is 2. The summed E-state index contributed by atoms with van der Waals surface area (Å²) in [4.78, 5) is 0. The molecule has 2 N–H and O–H groups in total. The molecule has 0 fully saturated rings. The Morgan fingerprint density at radius 3 is 2.89 bits per heavy atom. The third kappa shape index (κ3) is 5.44. The summed E-state index contributed by atoms with van der Waals surface area (Å²) < 4.78 is 0. The normalized spacial score (nSPS) is 13.4. The van der Waals surface area contributed by atoms with Gasteiger partial charge in [0.25, 0.3) is 0 Å². The lowest BCUT2D eigenvalue weighted by Gasteiger charge is -1.93. The van der Waals surface area contributed by atoms with Crippen LogP contribution in [0.4, 0.5) is 0 Å². The van der Waals surface area contributed by atoms with Gasteiger partial charge in [-0.1, -0.05) is 23.8 Å². The predicted octanol–water partition coefficient (Wildman–Crippen LogP) is 0.177. The van der Waals surface area contributed by atoms with Crippen molar-refractivity contribution in [3.63, 3.8) is 0 Å². The first kappa shape index (κ1) is 8.57. The van der Waals surface area contributed by atoms with Crippen LogP contribution in [0.5, 0.6) is 0 Å². The van der Waals surface area contributed by atoms with Crippen LogP contribution in [0.3, 0.4) is 0 Å². The molecule has 9 heavy (non-hydrogen) atoms. The van der Waals surface area contributed by atoms with Crippen LogP contribution in [0.25, 0.3) is 0 Å². The van der Waals surface area contributed by atoms with Gasteiger partial charge in [0.15, 0.2) is 5.44 Å². The first-order valence-corrected chi connectivity index (χ1v) is 3.31. The van der Waals surface area contributed by atoms with Gasteiger partial charge in [-0.2, -0.15) is 0 Å². The Balaban J connectivity index is 3.29. The lowest BCUT2D eigenvalue weighted by Crippen LogP contribution is -1.91. The maximum absolute atomic E-state index is 8.68. The van der Waals surface area contributed by atoms with Gasteiger partial charge in [-0.15, -0.1) is 6.42 Å². The van der Waals surface area contributed by atoms with Crippen LogP contribution in [0, 0.1) is 12.3 Å². The second-order valence-electron chi connectivity index (χ2n) is 1.21. The van der Waals surface area contributed by atoms with Gasteiger partial charge in [-0.05, 0) is 5.41 Å². The van der Waals surface area contributed by atoms with Gasteiger partial charge in [-0.25, -0.2) is 0 Å². The highest BCUT2D eigenvalue weighted by molar-refractivity contribution is 8.02. The van der Waals surface area contributed by atoms with Crippen LogP contribution in [0.1, 0.15) is 0 Å². The molecule has 0 aliphatic heterocycles. The molecule has 3 heteroatoms. The molecule has 0 saturated carbocycles. The summed E-state index contributed by atoms with van der Waals surface area (Å²) in [6.07, 6.45) is 6.34. The molecule has 0 heterocycles. The van der Waals surface area contributed by atoms with E-state index in [-0.39, 0.29) is 6.61 Å². The Bertz CT molecular complexity index is 126. The van der Waals surface area contributed by atoms with Crippen LogP contribution < -0.4 is 0 Å². The fourth-order valence-electron chi connectivity index (χ4n) is 0.212. The van der Waals surface area contributed by atoms with Crippen LogP contribution in [0.15, 0.2) is 11.5 Å². The van der Waals surface area contributed by atoms with Crippen molar-refractivity contribution >= 4 is 11.8 Å². The molecule has 0 radical (unpaired) electrons. The van der Waals surface area contributed by atoms with Gasteiger partial charge in [0.05, 0.1) is 6.61 Å². The molecular weight excluding hydrogens is 136 g/mol. The third-order valence-electron chi connectivity index (χ3n) is 0.552. The molecule has 0 aromatic heterocycles. The van der Waals surface area contributed by atoms with E-state index in [4.69, 9.17) is 16.6 Å². The fourth-order valence-corrected chi connectivity index (χ4v) is 0.637. The molecule has 0 aromatic carbocycles. The summed E-state index contributed by atoms with van der Waals surface area (Å²) in [6.45, 7) is -0.0235. The number of aliphatic hydroxyl groups is 2. The molecule has 0 spiro atoms. The Morgan fingerprint density at radius 2 is 2.44 bits per heavy atom. The van der Waals surface area contributed by atoms with Crippen molar-refractivity contribution < 1.29 is 10.2 Å². The SMILES string of the molecule is C#CC(O)SC=CCO. The minimum atomic E-state index is -0.798. The minimum absolute atomic E-state index is 0.0235. The molecule has 0 amide bonds. The molecule has 0 rings (SSSR count). The first-order valence-electron chi connectivity index (χ1n) is 2.36. The van der Waals surface area contributed by atoms with Crippen molar-refractivity contribution in [2.45, 2.75) is 5.44 Å². The Morgan fingerprint density at radius 1 is 1.78 bits per heavy atom. The standard InChI is InChI=1S/C6H8O2S/c1-2-6(8)9-5-3-4-7/h1,3,5-8H,4H2. The van der Waals surface area contributed by atoms with Crippen molar-refractivity contribution in [1.82, 2.24) is 0 Å².